The maximum Gasteiger partial charge on any atom is 0.335 e. The van der Waals surface area contributed by atoms with Crippen LogP contribution in [0.15, 0.2) is 24.3 Å². The van der Waals surface area contributed by atoms with Crippen molar-refractivity contribution in [2.45, 2.75) is 25.9 Å². The molecule has 2 N–H and O–H groups in total. The fraction of sp³-hybridized carbons (Fsp3) is 0.533. The normalized spacial score (nSPS) is 24.3. The van der Waals surface area contributed by atoms with Gasteiger partial charge in [-0.2, -0.15) is 0 Å². The number of benzene rings is 1. The van der Waals surface area contributed by atoms with Crippen LogP contribution in [0.5, 0.6) is 0 Å². The number of carbonyl (C=O) groups is 1. The van der Waals surface area contributed by atoms with Gasteiger partial charge in [-0.25, -0.2) is 4.79 Å². The van der Waals surface area contributed by atoms with Crippen LogP contribution in [0.4, 0.5) is 0 Å². The summed E-state index contributed by atoms with van der Waals surface area (Å²) in [5.74, 6) is -0.222. The first kappa shape index (κ1) is 14.0. The van der Waals surface area contributed by atoms with Gasteiger partial charge in [-0.1, -0.05) is 19.1 Å². The van der Waals surface area contributed by atoms with Gasteiger partial charge in [0.15, 0.2) is 0 Å². The monoisotopic (exact) mass is 262 g/mol. The van der Waals surface area contributed by atoms with Crippen LogP contribution in [0, 0.1) is 5.92 Å². The van der Waals surface area contributed by atoms with Crippen molar-refractivity contribution in [1.82, 2.24) is 10.2 Å². The van der Waals surface area contributed by atoms with Gasteiger partial charge in [-0.3, -0.25) is 0 Å². The molecule has 1 aliphatic heterocycles. The number of hydrogen-bond acceptors (Lipinski definition) is 3. The molecule has 0 bridgehead atoms. The SMILES string of the molecule is CC1CN(C)CCC1NCc1ccc(C(=O)O)cc1. The number of piperidine rings is 1. The average Bonchev–Trinajstić information content (AvgIpc) is 2.38. The van der Waals surface area contributed by atoms with Crippen molar-refractivity contribution < 1.29 is 9.90 Å². The number of nitrogens with zero attached hydrogens (tertiary/aromatic N) is 1. The van der Waals surface area contributed by atoms with E-state index in [0.29, 0.717) is 17.5 Å². The molecule has 1 saturated heterocycles. The second-order valence-corrected chi connectivity index (χ2v) is 5.52. The lowest BCUT2D eigenvalue weighted by Crippen LogP contribution is -2.46. The summed E-state index contributed by atoms with van der Waals surface area (Å²) in [7, 11) is 2.16. The van der Waals surface area contributed by atoms with Crippen molar-refractivity contribution in [3.63, 3.8) is 0 Å². The summed E-state index contributed by atoms with van der Waals surface area (Å²) >= 11 is 0. The van der Waals surface area contributed by atoms with E-state index in [9.17, 15) is 4.79 Å². The Bertz CT molecular complexity index is 430. The molecule has 2 rings (SSSR count). The van der Waals surface area contributed by atoms with E-state index < -0.39 is 5.97 Å². The summed E-state index contributed by atoms with van der Waals surface area (Å²) in [5.41, 5.74) is 1.48. The molecular weight excluding hydrogens is 240 g/mol. The van der Waals surface area contributed by atoms with Crippen LogP contribution in [0.2, 0.25) is 0 Å². The highest BCUT2D eigenvalue weighted by Crippen LogP contribution is 2.16. The molecule has 4 nitrogen and oxygen atoms in total. The topological polar surface area (TPSA) is 52.6 Å². The Balaban J connectivity index is 1.86. The first-order chi connectivity index (χ1) is 9.06. The summed E-state index contributed by atoms with van der Waals surface area (Å²) in [4.78, 5) is 13.1. The van der Waals surface area contributed by atoms with Crippen molar-refractivity contribution in [2.24, 2.45) is 5.92 Å². The molecule has 19 heavy (non-hydrogen) atoms. The van der Waals surface area contributed by atoms with Gasteiger partial charge in [-0.15, -0.1) is 0 Å². The first-order valence-electron chi connectivity index (χ1n) is 6.80. The van der Waals surface area contributed by atoms with E-state index in [1.165, 1.54) is 6.42 Å². The molecule has 1 aliphatic rings. The number of carboxylic acids is 1. The Morgan fingerprint density at radius 1 is 1.42 bits per heavy atom. The molecule has 0 radical (unpaired) electrons. The van der Waals surface area contributed by atoms with Crippen LogP contribution < -0.4 is 5.32 Å². The van der Waals surface area contributed by atoms with Crippen molar-refractivity contribution in [1.29, 1.82) is 0 Å². The molecule has 0 aliphatic carbocycles. The minimum atomic E-state index is -0.872. The van der Waals surface area contributed by atoms with Crippen LogP contribution in [0.25, 0.3) is 0 Å². The van der Waals surface area contributed by atoms with E-state index in [1.54, 1.807) is 12.1 Å². The number of carboxylic acid groups (broad SMARTS) is 1. The van der Waals surface area contributed by atoms with E-state index in [0.717, 1.165) is 25.2 Å². The maximum absolute atomic E-state index is 10.8. The molecular formula is C15H22N2O2. The smallest absolute Gasteiger partial charge is 0.335 e. The predicted molar refractivity (Wildman–Crippen MR) is 75.3 cm³/mol. The van der Waals surface area contributed by atoms with Crippen LogP contribution in [0.1, 0.15) is 29.3 Å². The lowest BCUT2D eigenvalue weighted by Gasteiger charge is -2.35. The summed E-state index contributed by atoms with van der Waals surface area (Å²) in [5, 5.41) is 12.4. The first-order valence-corrected chi connectivity index (χ1v) is 6.80. The minimum Gasteiger partial charge on any atom is -0.478 e. The molecule has 2 atom stereocenters. The van der Waals surface area contributed by atoms with Crippen LogP contribution >= 0.6 is 0 Å². The zero-order valence-electron chi connectivity index (χ0n) is 11.6. The van der Waals surface area contributed by atoms with Gasteiger partial charge in [-0.05, 0) is 43.6 Å². The third kappa shape index (κ3) is 3.78. The van der Waals surface area contributed by atoms with Crippen LogP contribution in [-0.4, -0.2) is 42.2 Å². The lowest BCUT2D eigenvalue weighted by atomic mass is 9.94. The van der Waals surface area contributed by atoms with Gasteiger partial charge >= 0.3 is 5.97 Å². The van der Waals surface area contributed by atoms with Gasteiger partial charge in [0.05, 0.1) is 5.56 Å². The molecule has 104 valence electrons. The van der Waals surface area contributed by atoms with Crippen molar-refractivity contribution in [3.05, 3.63) is 35.4 Å². The molecule has 0 spiro atoms. The quantitative estimate of drug-likeness (QED) is 0.869. The minimum absolute atomic E-state index is 0.344. The third-order valence-corrected chi connectivity index (χ3v) is 3.88. The second kappa shape index (κ2) is 6.17. The molecule has 1 aromatic carbocycles. The van der Waals surface area contributed by atoms with Crippen LogP contribution in [-0.2, 0) is 6.54 Å². The van der Waals surface area contributed by atoms with Crippen LogP contribution in [0.3, 0.4) is 0 Å². The number of rotatable bonds is 4. The largest absolute Gasteiger partial charge is 0.478 e. The highest BCUT2D eigenvalue weighted by molar-refractivity contribution is 5.87. The van der Waals surface area contributed by atoms with E-state index in [2.05, 4.69) is 24.2 Å². The van der Waals surface area contributed by atoms with E-state index in [1.807, 2.05) is 12.1 Å². The van der Waals surface area contributed by atoms with Crippen molar-refractivity contribution in [2.75, 3.05) is 20.1 Å². The maximum atomic E-state index is 10.8. The van der Waals surface area contributed by atoms with Gasteiger partial charge in [0, 0.05) is 19.1 Å². The fourth-order valence-corrected chi connectivity index (χ4v) is 2.67. The molecule has 1 heterocycles. The third-order valence-electron chi connectivity index (χ3n) is 3.88. The lowest BCUT2D eigenvalue weighted by molar-refractivity contribution is 0.0697. The average molecular weight is 262 g/mol. The molecule has 1 aromatic rings. The highest BCUT2D eigenvalue weighted by Gasteiger charge is 2.23. The van der Waals surface area contributed by atoms with Gasteiger partial charge in [0.25, 0.3) is 0 Å². The number of nitrogens with one attached hydrogen (secondary N) is 1. The molecule has 0 aromatic heterocycles. The Hall–Kier alpha value is -1.39. The standard InChI is InChI=1S/C15H22N2O2/c1-11-10-17(2)8-7-14(11)16-9-12-3-5-13(6-4-12)15(18)19/h3-6,11,14,16H,7-10H2,1-2H3,(H,18,19). The summed E-state index contributed by atoms with van der Waals surface area (Å²) < 4.78 is 0. The Labute approximate surface area is 114 Å². The summed E-state index contributed by atoms with van der Waals surface area (Å²) in [6, 6.07) is 7.65. The fourth-order valence-electron chi connectivity index (χ4n) is 2.67. The Kier molecular flexibility index (Phi) is 4.56. The molecule has 0 amide bonds. The zero-order valence-corrected chi connectivity index (χ0v) is 11.6. The van der Waals surface area contributed by atoms with E-state index in [4.69, 9.17) is 5.11 Å². The van der Waals surface area contributed by atoms with Gasteiger partial charge in [0.1, 0.15) is 0 Å². The molecule has 0 saturated carbocycles. The predicted octanol–water partition coefficient (Wildman–Crippen LogP) is 1.81. The number of hydrogen-bond donors (Lipinski definition) is 2. The van der Waals surface area contributed by atoms with Gasteiger partial charge in [0.2, 0.25) is 0 Å². The van der Waals surface area contributed by atoms with Crippen molar-refractivity contribution >= 4 is 5.97 Å². The molecule has 2 unspecified atom stereocenters. The number of likely N-dealkylation sites (tertiary alicyclic amines) is 1. The highest BCUT2D eigenvalue weighted by atomic mass is 16.4. The Morgan fingerprint density at radius 3 is 2.68 bits per heavy atom. The zero-order chi connectivity index (χ0) is 13.8. The Morgan fingerprint density at radius 2 is 2.11 bits per heavy atom. The van der Waals surface area contributed by atoms with E-state index >= 15 is 0 Å². The second-order valence-electron chi connectivity index (χ2n) is 5.52. The summed E-state index contributed by atoms with van der Waals surface area (Å²) in [6.07, 6.45) is 1.17. The van der Waals surface area contributed by atoms with Gasteiger partial charge < -0.3 is 15.3 Å². The summed E-state index contributed by atoms with van der Waals surface area (Å²) in [6.45, 7) is 5.36. The van der Waals surface area contributed by atoms with Crippen molar-refractivity contribution in [3.8, 4) is 0 Å². The number of aromatic carboxylic acids is 1. The molecule has 1 fully saturated rings. The van der Waals surface area contributed by atoms with E-state index in [-0.39, 0.29) is 0 Å². The molecule has 4 heteroatoms.